The Labute approximate surface area is 190 Å². The highest BCUT2D eigenvalue weighted by Crippen LogP contribution is 2.26. The zero-order chi connectivity index (χ0) is 22.5. The second-order valence-electron chi connectivity index (χ2n) is 7.35. The van der Waals surface area contributed by atoms with Crippen molar-refractivity contribution in [2.45, 2.75) is 18.6 Å². The minimum absolute atomic E-state index is 0.0314. The smallest absolute Gasteiger partial charge is 0.269 e. The Kier molecular flexibility index (Phi) is 6.69. The maximum atomic E-state index is 12.8. The molecular weight excluding hydrogens is 428 g/mol. The molecule has 1 fully saturated rings. The third kappa shape index (κ3) is 4.75. The van der Waals surface area contributed by atoms with Gasteiger partial charge in [-0.15, -0.1) is 10.2 Å². The summed E-state index contributed by atoms with van der Waals surface area (Å²) in [5.41, 5.74) is 1.97. The van der Waals surface area contributed by atoms with Crippen molar-refractivity contribution in [2.75, 3.05) is 36.8 Å². The number of nitro benzene ring substituents is 1. The number of piperazine rings is 1. The first-order valence-electron chi connectivity index (χ1n) is 10.5. The maximum Gasteiger partial charge on any atom is 0.269 e. The van der Waals surface area contributed by atoms with Gasteiger partial charge in [0.05, 0.1) is 10.7 Å². The monoisotopic (exact) mass is 452 g/mol. The fraction of sp³-hybridized carbons (Fsp3) is 0.318. The number of hydrogen-bond donors (Lipinski definition) is 0. The van der Waals surface area contributed by atoms with Crippen LogP contribution in [0.15, 0.2) is 59.8 Å². The Hall–Kier alpha value is -3.40. The average Bonchev–Trinajstić information content (AvgIpc) is 3.26. The van der Waals surface area contributed by atoms with Crippen molar-refractivity contribution in [2.24, 2.45) is 0 Å². The molecule has 10 heteroatoms. The van der Waals surface area contributed by atoms with Crippen LogP contribution in [0.1, 0.15) is 6.92 Å². The van der Waals surface area contributed by atoms with E-state index in [0.717, 1.165) is 18.7 Å². The molecule has 166 valence electrons. The highest BCUT2D eigenvalue weighted by atomic mass is 32.2. The van der Waals surface area contributed by atoms with E-state index in [-0.39, 0.29) is 11.6 Å². The molecule has 3 aromatic rings. The fourth-order valence-electron chi connectivity index (χ4n) is 3.70. The van der Waals surface area contributed by atoms with Gasteiger partial charge in [-0.25, -0.2) is 0 Å². The van der Waals surface area contributed by atoms with Crippen LogP contribution in [0.3, 0.4) is 0 Å². The zero-order valence-electron chi connectivity index (χ0n) is 17.8. The number of anilines is 1. The topological polar surface area (TPSA) is 97.4 Å². The van der Waals surface area contributed by atoms with E-state index in [9.17, 15) is 14.9 Å². The van der Waals surface area contributed by atoms with E-state index in [2.05, 4.69) is 27.2 Å². The summed E-state index contributed by atoms with van der Waals surface area (Å²) in [6.45, 7) is 5.63. The van der Waals surface area contributed by atoms with Gasteiger partial charge in [-0.1, -0.05) is 30.0 Å². The first-order chi connectivity index (χ1) is 15.6. The quantitative estimate of drug-likeness (QED) is 0.308. The largest absolute Gasteiger partial charge is 0.368 e. The van der Waals surface area contributed by atoms with Crippen LogP contribution in [0.5, 0.6) is 0 Å². The second-order valence-corrected chi connectivity index (χ2v) is 8.29. The standard InChI is InChI=1S/C22H24N6O3S/c1-2-27-21(17-8-10-19(11-9-17)28(30)31)23-24-22(27)32-16-20(29)26-14-12-25(13-15-26)18-6-4-3-5-7-18/h3-11H,2,12-16H2,1H3. The Morgan fingerprint density at radius 1 is 1.03 bits per heavy atom. The molecule has 0 atom stereocenters. The van der Waals surface area contributed by atoms with Crippen LogP contribution in [0.25, 0.3) is 11.4 Å². The number of nitrogens with zero attached hydrogens (tertiary/aromatic N) is 6. The Bertz CT molecular complexity index is 1080. The minimum atomic E-state index is -0.430. The lowest BCUT2D eigenvalue weighted by Gasteiger charge is -2.36. The maximum absolute atomic E-state index is 12.8. The number of rotatable bonds is 7. The van der Waals surface area contributed by atoms with Crippen LogP contribution < -0.4 is 4.90 Å². The van der Waals surface area contributed by atoms with E-state index in [1.54, 1.807) is 12.1 Å². The van der Waals surface area contributed by atoms with Crippen LogP contribution >= 0.6 is 11.8 Å². The molecule has 0 spiro atoms. The van der Waals surface area contributed by atoms with Crippen molar-refractivity contribution in [1.29, 1.82) is 0 Å². The third-order valence-electron chi connectivity index (χ3n) is 5.45. The number of para-hydroxylation sites is 1. The van der Waals surface area contributed by atoms with Gasteiger partial charge in [-0.2, -0.15) is 0 Å². The molecule has 32 heavy (non-hydrogen) atoms. The molecule has 9 nitrogen and oxygen atoms in total. The second kappa shape index (κ2) is 9.82. The van der Waals surface area contributed by atoms with Crippen LogP contribution in [0.2, 0.25) is 0 Å². The van der Waals surface area contributed by atoms with E-state index in [1.165, 1.54) is 29.6 Å². The van der Waals surface area contributed by atoms with Gasteiger partial charge in [-0.05, 0) is 31.2 Å². The van der Waals surface area contributed by atoms with Crippen LogP contribution in [-0.4, -0.2) is 62.4 Å². The number of carbonyl (C=O) groups excluding carboxylic acids is 1. The molecule has 0 radical (unpaired) electrons. The molecule has 1 saturated heterocycles. The summed E-state index contributed by atoms with van der Waals surface area (Å²) in [7, 11) is 0. The normalized spacial score (nSPS) is 13.9. The van der Waals surface area contributed by atoms with Gasteiger partial charge < -0.3 is 14.4 Å². The van der Waals surface area contributed by atoms with E-state index < -0.39 is 4.92 Å². The molecular formula is C22H24N6O3S. The van der Waals surface area contributed by atoms with Crippen molar-refractivity contribution in [3.63, 3.8) is 0 Å². The Balaban J connectivity index is 1.36. The SMILES string of the molecule is CCn1c(SCC(=O)N2CCN(c3ccccc3)CC2)nnc1-c1ccc([N+](=O)[O-])cc1. The van der Waals surface area contributed by atoms with Gasteiger partial charge in [0.1, 0.15) is 0 Å². The van der Waals surface area contributed by atoms with Gasteiger partial charge in [0.15, 0.2) is 11.0 Å². The summed E-state index contributed by atoms with van der Waals surface area (Å²) < 4.78 is 1.92. The average molecular weight is 453 g/mol. The summed E-state index contributed by atoms with van der Waals surface area (Å²) in [6.07, 6.45) is 0. The molecule has 1 amide bonds. The van der Waals surface area contributed by atoms with E-state index >= 15 is 0 Å². The predicted molar refractivity (Wildman–Crippen MR) is 124 cm³/mol. The molecule has 0 aliphatic carbocycles. The lowest BCUT2D eigenvalue weighted by Crippen LogP contribution is -2.49. The first-order valence-corrected chi connectivity index (χ1v) is 11.4. The summed E-state index contributed by atoms with van der Waals surface area (Å²) >= 11 is 1.37. The molecule has 0 bridgehead atoms. The third-order valence-corrected chi connectivity index (χ3v) is 6.40. The number of hydrogen-bond acceptors (Lipinski definition) is 7. The Morgan fingerprint density at radius 2 is 1.72 bits per heavy atom. The fourth-order valence-corrected chi connectivity index (χ4v) is 4.60. The molecule has 0 N–H and O–H groups in total. The van der Waals surface area contributed by atoms with Crippen molar-refractivity contribution < 1.29 is 9.72 Å². The predicted octanol–water partition coefficient (Wildman–Crippen LogP) is 3.31. The first kappa shape index (κ1) is 21.8. The number of thioether (sulfide) groups is 1. The zero-order valence-corrected chi connectivity index (χ0v) is 18.6. The molecule has 2 aromatic carbocycles. The Morgan fingerprint density at radius 3 is 2.34 bits per heavy atom. The van der Waals surface area contributed by atoms with Gasteiger partial charge in [0.2, 0.25) is 5.91 Å². The number of amides is 1. The molecule has 2 heterocycles. The lowest BCUT2D eigenvalue weighted by atomic mass is 10.2. The van der Waals surface area contributed by atoms with Gasteiger partial charge in [-0.3, -0.25) is 14.9 Å². The van der Waals surface area contributed by atoms with E-state index in [4.69, 9.17) is 0 Å². The number of benzene rings is 2. The van der Waals surface area contributed by atoms with E-state index in [1.807, 2.05) is 34.6 Å². The molecule has 0 unspecified atom stereocenters. The molecule has 0 saturated carbocycles. The number of nitro groups is 1. The van der Waals surface area contributed by atoms with Crippen LogP contribution in [-0.2, 0) is 11.3 Å². The van der Waals surface area contributed by atoms with Crippen molar-refractivity contribution in [3.05, 3.63) is 64.7 Å². The highest BCUT2D eigenvalue weighted by molar-refractivity contribution is 7.99. The number of aromatic nitrogens is 3. The molecule has 1 aliphatic rings. The summed E-state index contributed by atoms with van der Waals surface area (Å²) in [5.74, 6) is 1.02. The summed E-state index contributed by atoms with van der Waals surface area (Å²) in [6, 6.07) is 16.5. The van der Waals surface area contributed by atoms with Gasteiger partial charge in [0, 0.05) is 56.1 Å². The summed E-state index contributed by atoms with van der Waals surface area (Å²) in [4.78, 5) is 27.4. The summed E-state index contributed by atoms with van der Waals surface area (Å²) in [5, 5.41) is 20.0. The highest BCUT2D eigenvalue weighted by Gasteiger charge is 2.22. The molecule has 1 aromatic heterocycles. The van der Waals surface area contributed by atoms with E-state index in [0.29, 0.717) is 36.4 Å². The van der Waals surface area contributed by atoms with Gasteiger partial charge >= 0.3 is 0 Å². The molecule has 1 aliphatic heterocycles. The number of non-ortho nitro benzene ring substituents is 1. The van der Waals surface area contributed by atoms with Crippen LogP contribution in [0.4, 0.5) is 11.4 Å². The van der Waals surface area contributed by atoms with Gasteiger partial charge in [0.25, 0.3) is 5.69 Å². The number of carbonyl (C=O) groups is 1. The minimum Gasteiger partial charge on any atom is -0.368 e. The van der Waals surface area contributed by atoms with Crippen molar-refractivity contribution >= 4 is 29.0 Å². The van der Waals surface area contributed by atoms with Crippen LogP contribution in [0, 0.1) is 10.1 Å². The van der Waals surface area contributed by atoms with Crippen molar-refractivity contribution in [3.8, 4) is 11.4 Å². The molecule has 4 rings (SSSR count). The van der Waals surface area contributed by atoms with Crippen molar-refractivity contribution in [1.82, 2.24) is 19.7 Å². The lowest BCUT2D eigenvalue weighted by molar-refractivity contribution is -0.384.